The number of nitrogens with one attached hydrogen (secondary N) is 1. The lowest BCUT2D eigenvalue weighted by Crippen LogP contribution is -2.33. The summed E-state index contributed by atoms with van der Waals surface area (Å²) in [4.78, 5) is 4.43. The van der Waals surface area contributed by atoms with Gasteiger partial charge in [-0.1, -0.05) is 6.07 Å². The van der Waals surface area contributed by atoms with Gasteiger partial charge in [-0.2, -0.15) is 0 Å². The van der Waals surface area contributed by atoms with Gasteiger partial charge in [-0.15, -0.1) is 11.6 Å². The molecule has 0 aliphatic heterocycles. The van der Waals surface area contributed by atoms with Crippen LogP contribution in [-0.2, 0) is 11.3 Å². The van der Waals surface area contributed by atoms with Crippen molar-refractivity contribution >= 4 is 11.6 Å². The molecule has 0 aromatic carbocycles. The zero-order chi connectivity index (χ0) is 11.8. The molecule has 0 saturated heterocycles. The first-order chi connectivity index (χ1) is 7.76. The van der Waals surface area contributed by atoms with Crippen LogP contribution >= 0.6 is 11.6 Å². The smallest absolute Gasteiger partial charge is 0.0616 e. The Hall–Kier alpha value is -0.640. The molecule has 0 spiro atoms. The zero-order valence-corrected chi connectivity index (χ0v) is 10.6. The van der Waals surface area contributed by atoms with Gasteiger partial charge in [0.05, 0.1) is 12.3 Å². The molecule has 90 valence electrons. The molecule has 0 fully saturated rings. The molecule has 1 unspecified atom stereocenters. The van der Waals surface area contributed by atoms with E-state index in [1.165, 1.54) is 0 Å². The summed E-state index contributed by atoms with van der Waals surface area (Å²) < 4.78 is 5.13. The largest absolute Gasteiger partial charge is 0.383 e. The number of ether oxygens (including phenoxy) is 1. The van der Waals surface area contributed by atoms with E-state index in [1.807, 2.05) is 25.1 Å². The average molecular weight is 243 g/mol. The highest BCUT2D eigenvalue weighted by atomic mass is 35.5. The van der Waals surface area contributed by atoms with Crippen LogP contribution in [0.2, 0.25) is 0 Å². The number of alkyl halides is 1. The zero-order valence-electron chi connectivity index (χ0n) is 9.87. The molecule has 0 radical (unpaired) electrons. The molecule has 1 N–H and O–H groups in total. The number of halogens is 1. The maximum atomic E-state index is 5.73. The van der Waals surface area contributed by atoms with E-state index >= 15 is 0 Å². The number of pyridine rings is 1. The Balaban J connectivity index is 2.41. The number of methoxy groups -OCH3 is 1. The molecular weight excluding hydrogens is 224 g/mol. The monoisotopic (exact) mass is 242 g/mol. The Labute approximate surface area is 102 Å². The fraction of sp³-hybridized carbons (Fsp3) is 0.583. The van der Waals surface area contributed by atoms with Crippen molar-refractivity contribution in [1.82, 2.24) is 10.3 Å². The van der Waals surface area contributed by atoms with Gasteiger partial charge in [-0.3, -0.25) is 4.98 Å². The van der Waals surface area contributed by atoms with Crippen LogP contribution in [0.3, 0.4) is 0 Å². The average Bonchev–Trinajstić information content (AvgIpc) is 2.27. The van der Waals surface area contributed by atoms with Crippen LogP contribution in [-0.4, -0.2) is 30.6 Å². The molecule has 0 saturated carbocycles. The van der Waals surface area contributed by atoms with E-state index in [4.69, 9.17) is 16.3 Å². The fourth-order valence-corrected chi connectivity index (χ4v) is 1.79. The van der Waals surface area contributed by atoms with Gasteiger partial charge in [0.1, 0.15) is 0 Å². The molecule has 0 bridgehead atoms. The summed E-state index contributed by atoms with van der Waals surface area (Å²) in [6.07, 6.45) is 0.904. The molecule has 4 heteroatoms. The van der Waals surface area contributed by atoms with E-state index in [0.717, 1.165) is 24.4 Å². The van der Waals surface area contributed by atoms with Gasteiger partial charge in [0.25, 0.3) is 0 Å². The Kier molecular flexibility index (Phi) is 6.38. The molecule has 1 atom stereocenters. The van der Waals surface area contributed by atoms with Crippen molar-refractivity contribution in [3.8, 4) is 0 Å². The maximum Gasteiger partial charge on any atom is 0.0616 e. The van der Waals surface area contributed by atoms with Crippen molar-refractivity contribution < 1.29 is 4.74 Å². The van der Waals surface area contributed by atoms with Gasteiger partial charge in [0, 0.05) is 31.3 Å². The Morgan fingerprint density at radius 3 is 2.94 bits per heavy atom. The van der Waals surface area contributed by atoms with Crippen molar-refractivity contribution in [2.24, 2.45) is 0 Å². The Bertz CT molecular complexity index is 301. The summed E-state index contributed by atoms with van der Waals surface area (Å²) >= 11 is 5.73. The number of hydrogen-bond donors (Lipinski definition) is 1. The molecule has 1 aromatic heterocycles. The normalized spacial score (nSPS) is 12.7. The highest BCUT2D eigenvalue weighted by Gasteiger charge is 2.07. The van der Waals surface area contributed by atoms with Crippen molar-refractivity contribution in [3.63, 3.8) is 0 Å². The van der Waals surface area contributed by atoms with E-state index in [2.05, 4.69) is 10.3 Å². The SMILES string of the molecule is COCC(CCCl)NCc1cccc(C)n1. The minimum atomic E-state index is 0.296. The lowest BCUT2D eigenvalue weighted by molar-refractivity contribution is 0.164. The number of aromatic nitrogens is 1. The third-order valence-corrected chi connectivity index (χ3v) is 2.56. The second-order valence-electron chi connectivity index (χ2n) is 3.78. The van der Waals surface area contributed by atoms with Crippen molar-refractivity contribution in [2.45, 2.75) is 25.9 Å². The highest BCUT2D eigenvalue weighted by molar-refractivity contribution is 6.17. The van der Waals surface area contributed by atoms with Crippen molar-refractivity contribution in [3.05, 3.63) is 29.6 Å². The van der Waals surface area contributed by atoms with Gasteiger partial charge < -0.3 is 10.1 Å². The molecule has 1 aromatic rings. The third-order valence-electron chi connectivity index (χ3n) is 2.34. The van der Waals surface area contributed by atoms with E-state index in [9.17, 15) is 0 Å². The van der Waals surface area contributed by atoms with E-state index in [0.29, 0.717) is 18.5 Å². The number of nitrogens with zero attached hydrogens (tertiary/aromatic N) is 1. The summed E-state index contributed by atoms with van der Waals surface area (Å²) in [6.45, 7) is 3.43. The quantitative estimate of drug-likeness (QED) is 0.744. The van der Waals surface area contributed by atoms with Crippen molar-refractivity contribution in [2.75, 3.05) is 19.6 Å². The minimum Gasteiger partial charge on any atom is -0.383 e. The van der Waals surface area contributed by atoms with Gasteiger partial charge in [0.15, 0.2) is 0 Å². The van der Waals surface area contributed by atoms with Crippen LogP contribution in [0.25, 0.3) is 0 Å². The number of hydrogen-bond acceptors (Lipinski definition) is 3. The first-order valence-corrected chi connectivity index (χ1v) is 6.00. The maximum absolute atomic E-state index is 5.73. The molecule has 3 nitrogen and oxygen atoms in total. The number of aryl methyl sites for hydroxylation is 1. The van der Waals surface area contributed by atoms with Crippen molar-refractivity contribution in [1.29, 1.82) is 0 Å². The first kappa shape index (κ1) is 13.4. The van der Waals surface area contributed by atoms with Gasteiger partial charge in [-0.05, 0) is 25.5 Å². The Morgan fingerprint density at radius 1 is 1.50 bits per heavy atom. The second kappa shape index (κ2) is 7.60. The summed E-state index contributed by atoms with van der Waals surface area (Å²) in [6, 6.07) is 6.33. The predicted molar refractivity (Wildman–Crippen MR) is 66.8 cm³/mol. The van der Waals surface area contributed by atoms with Gasteiger partial charge in [0.2, 0.25) is 0 Å². The highest BCUT2D eigenvalue weighted by Crippen LogP contribution is 2.01. The molecule has 16 heavy (non-hydrogen) atoms. The van der Waals surface area contributed by atoms with Crippen LogP contribution < -0.4 is 5.32 Å². The van der Waals surface area contributed by atoms with Crippen LogP contribution in [0, 0.1) is 6.92 Å². The predicted octanol–water partition coefficient (Wildman–Crippen LogP) is 2.12. The molecule has 1 rings (SSSR count). The minimum absolute atomic E-state index is 0.296. The van der Waals surface area contributed by atoms with Gasteiger partial charge >= 0.3 is 0 Å². The molecule has 1 heterocycles. The summed E-state index contributed by atoms with van der Waals surface area (Å²) in [5.41, 5.74) is 2.09. The van der Waals surface area contributed by atoms with Crippen LogP contribution in [0.4, 0.5) is 0 Å². The lowest BCUT2D eigenvalue weighted by atomic mass is 10.2. The van der Waals surface area contributed by atoms with Crippen LogP contribution in [0.15, 0.2) is 18.2 Å². The van der Waals surface area contributed by atoms with E-state index in [-0.39, 0.29) is 0 Å². The topological polar surface area (TPSA) is 34.1 Å². The fourth-order valence-electron chi connectivity index (χ4n) is 1.52. The van der Waals surface area contributed by atoms with Gasteiger partial charge in [-0.25, -0.2) is 0 Å². The summed E-state index contributed by atoms with van der Waals surface area (Å²) in [5, 5.41) is 3.39. The Morgan fingerprint density at radius 2 is 2.31 bits per heavy atom. The first-order valence-electron chi connectivity index (χ1n) is 5.47. The third kappa shape index (κ3) is 4.92. The second-order valence-corrected chi connectivity index (χ2v) is 4.16. The molecule has 0 aliphatic rings. The molecular formula is C12H19ClN2O. The van der Waals surface area contributed by atoms with Crippen LogP contribution in [0.1, 0.15) is 17.8 Å². The standard InChI is InChI=1S/C12H19ClN2O/c1-10-4-3-5-11(15-10)8-14-12(6-7-13)9-16-2/h3-5,12,14H,6-9H2,1-2H3. The van der Waals surface area contributed by atoms with Crippen LogP contribution in [0.5, 0.6) is 0 Å². The summed E-state index contributed by atoms with van der Waals surface area (Å²) in [7, 11) is 1.70. The molecule has 0 amide bonds. The van der Waals surface area contributed by atoms with E-state index in [1.54, 1.807) is 7.11 Å². The summed E-state index contributed by atoms with van der Waals surface area (Å²) in [5.74, 6) is 0.641. The number of rotatable bonds is 7. The van der Waals surface area contributed by atoms with E-state index < -0.39 is 0 Å². The molecule has 0 aliphatic carbocycles. The lowest BCUT2D eigenvalue weighted by Gasteiger charge is -2.16.